The van der Waals surface area contributed by atoms with Gasteiger partial charge in [0, 0.05) is 0 Å². The average Bonchev–Trinajstić information content (AvgIpc) is 2.46. The van der Waals surface area contributed by atoms with Crippen molar-refractivity contribution in [3.8, 4) is 0 Å². The Morgan fingerprint density at radius 3 is 2.75 bits per heavy atom. The summed E-state index contributed by atoms with van der Waals surface area (Å²) in [6.45, 7) is 3.76. The molecule has 0 aliphatic heterocycles. The van der Waals surface area contributed by atoms with Crippen LogP contribution in [-0.2, 0) is 39.1 Å². The summed E-state index contributed by atoms with van der Waals surface area (Å²) in [5, 5.41) is 0. The topological polar surface area (TPSA) is 28.7 Å². The largest absolute Gasteiger partial charge is 3.00 e. The molecule has 0 aliphatic carbocycles. The summed E-state index contributed by atoms with van der Waals surface area (Å²) in [4.78, 5) is 7.48. The first-order valence-electron chi connectivity index (χ1n) is 3.63. The van der Waals surface area contributed by atoms with Gasteiger partial charge in [0.2, 0.25) is 0 Å². The van der Waals surface area contributed by atoms with Crippen LogP contribution in [0.15, 0.2) is 24.3 Å². The number of aromatic amines is 1. The van der Waals surface area contributed by atoms with Crippen LogP contribution >= 0.6 is 0 Å². The van der Waals surface area contributed by atoms with E-state index in [0.29, 0.717) is 6.42 Å². The van der Waals surface area contributed by atoms with Crippen molar-refractivity contribution in [2.75, 3.05) is 0 Å². The quantitative estimate of drug-likeness (QED) is 0.750. The third-order valence-electron chi connectivity index (χ3n) is 1.68. The van der Waals surface area contributed by atoms with Crippen molar-refractivity contribution in [2.45, 2.75) is 6.42 Å². The van der Waals surface area contributed by atoms with Gasteiger partial charge in [-0.15, -0.1) is 6.42 Å². The van der Waals surface area contributed by atoms with Gasteiger partial charge in [-0.05, 0) is 12.1 Å². The van der Waals surface area contributed by atoms with Crippen LogP contribution in [0.25, 0.3) is 11.0 Å². The van der Waals surface area contributed by atoms with Gasteiger partial charge in [-0.3, -0.25) is 0 Å². The molecule has 0 saturated heterocycles. The molecule has 1 N–H and O–H groups in total. The van der Waals surface area contributed by atoms with Gasteiger partial charge in [0.15, 0.2) is 0 Å². The zero-order valence-corrected chi connectivity index (χ0v) is 9.59. The van der Waals surface area contributed by atoms with Crippen LogP contribution in [0.1, 0.15) is 5.82 Å². The summed E-state index contributed by atoms with van der Waals surface area (Å²) >= 11 is 0. The smallest absolute Gasteiger partial charge is 0.344 e. The summed E-state index contributed by atoms with van der Waals surface area (Å²) in [6, 6.07) is 7.98. The van der Waals surface area contributed by atoms with Crippen molar-refractivity contribution < 1.29 is 32.7 Å². The van der Waals surface area contributed by atoms with Crippen molar-refractivity contribution in [2.24, 2.45) is 0 Å². The second kappa shape index (κ2) is 4.15. The third-order valence-corrected chi connectivity index (χ3v) is 1.68. The Morgan fingerprint density at radius 1 is 1.33 bits per heavy atom. The van der Waals surface area contributed by atoms with E-state index in [1.807, 2.05) is 24.3 Å². The molecular formula is C9H9N2Y+2. The van der Waals surface area contributed by atoms with Gasteiger partial charge in [0.05, 0.1) is 16.9 Å². The van der Waals surface area contributed by atoms with Crippen LogP contribution in [0.4, 0.5) is 0 Å². The number of aromatic nitrogens is 2. The molecule has 2 nitrogen and oxygen atoms in total. The molecule has 0 radical (unpaired) electrons. The number of hydrogen-bond acceptors (Lipinski definition) is 1. The second-order valence-corrected chi connectivity index (χ2v) is 2.45. The van der Waals surface area contributed by atoms with Gasteiger partial charge in [0.1, 0.15) is 0 Å². The number of nitrogens with zero attached hydrogens (tertiary/aromatic N) is 1. The predicted molar refractivity (Wildman–Crippen MR) is 45.2 cm³/mol. The number of para-hydroxylation sites is 2. The Kier molecular flexibility index (Phi) is 3.42. The van der Waals surface area contributed by atoms with Gasteiger partial charge in [-0.1, -0.05) is 12.1 Å². The molecule has 1 aromatic heterocycles. The fourth-order valence-corrected chi connectivity index (χ4v) is 1.12. The first kappa shape index (κ1) is 9.88. The van der Waals surface area contributed by atoms with Gasteiger partial charge < -0.3 is 11.9 Å². The van der Waals surface area contributed by atoms with Crippen LogP contribution in [0.5, 0.6) is 0 Å². The number of imidazole rings is 1. The second-order valence-electron chi connectivity index (χ2n) is 2.45. The van der Waals surface area contributed by atoms with Gasteiger partial charge >= 0.3 is 32.7 Å². The molecule has 2 rings (SSSR count). The van der Waals surface area contributed by atoms with Crippen molar-refractivity contribution in [3.05, 3.63) is 37.0 Å². The van der Waals surface area contributed by atoms with E-state index >= 15 is 0 Å². The summed E-state index contributed by atoms with van der Waals surface area (Å²) in [5.74, 6) is 0.950. The zero-order valence-electron chi connectivity index (χ0n) is 6.75. The van der Waals surface area contributed by atoms with E-state index in [1.165, 1.54) is 0 Å². The van der Waals surface area contributed by atoms with Crippen molar-refractivity contribution in [1.29, 1.82) is 0 Å². The molecule has 0 amide bonds. The van der Waals surface area contributed by atoms with Crippen LogP contribution in [-0.4, -0.2) is 9.97 Å². The number of nitrogens with one attached hydrogen (secondary N) is 1. The monoisotopic (exact) mass is 234 g/mol. The maximum Gasteiger partial charge on any atom is 3.00 e. The summed E-state index contributed by atoms with van der Waals surface area (Å²) in [5.41, 5.74) is 2.11. The Hall–Kier alpha value is -0.206. The standard InChI is InChI=1S/C9H9N2.Y/c1-2-9-10-7-5-3-4-6-8(7)11-9;/h3-6H,1-2H2,(H,10,11);/q-1;+3. The van der Waals surface area contributed by atoms with Crippen LogP contribution in [0.3, 0.4) is 0 Å². The fraction of sp³-hybridized carbons (Fsp3) is 0.111. The molecule has 0 unspecified atom stereocenters. The van der Waals surface area contributed by atoms with Gasteiger partial charge in [0.25, 0.3) is 0 Å². The van der Waals surface area contributed by atoms with E-state index in [1.54, 1.807) is 0 Å². The van der Waals surface area contributed by atoms with Crippen molar-refractivity contribution >= 4 is 11.0 Å². The van der Waals surface area contributed by atoms with Crippen molar-refractivity contribution in [3.63, 3.8) is 0 Å². The van der Waals surface area contributed by atoms with Gasteiger partial charge in [-0.25, -0.2) is 4.98 Å². The SMILES string of the molecule is [CH2-]Cc1nc2ccccc2[nH]1.[Y+3]. The Labute approximate surface area is 96.7 Å². The first-order valence-corrected chi connectivity index (χ1v) is 3.63. The molecule has 0 bridgehead atoms. The number of hydrogen-bond donors (Lipinski definition) is 1. The molecule has 12 heavy (non-hydrogen) atoms. The fourth-order valence-electron chi connectivity index (χ4n) is 1.12. The molecule has 0 fully saturated rings. The van der Waals surface area contributed by atoms with E-state index in [4.69, 9.17) is 0 Å². The van der Waals surface area contributed by atoms with Crippen LogP contribution in [0, 0.1) is 6.92 Å². The molecule has 0 aliphatic rings. The summed E-state index contributed by atoms with van der Waals surface area (Å²) in [7, 11) is 0. The minimum Gasteiger partial charge on any atom is -0.344 e. The number of rotatable bonds is 1. The molecule has 56 valence electrons. The predicted octanol–water partition coefficient (Wildman–Crippen LogP) is 1.94. The van der Waals surface area contributed by atoms with Crippen LogP contribution in [0.2, 0.25) is 0 Å². The van der Waals surface area contributed by atoms with E-state index in [-0.39, 0.29) is 32.7 Å². The Balaban J connectivity index is 0.000000720. The van der Waals surface area contributed by atoms with E-state index in [9.17, 15) is 0 Å². The maximum absolute atomic E-state index is 4.31. The molecule has 1 aromatic carbocycles. The number of benzene rings is 1. The van der Waals surface area contributed by atoms with E-state index in [2.05, 4.69) is 16.9 Å². The molecule has 0 spiro atoms. The molecule has 2 aromatic rings. The molecular weight excluding hydrogens is 225 g/mol. The number of fused-ring (bicyclic) bond motifs is 1. The first-order chi connectivity index (χ1) is 5.40. The summed E-state index contributed by atoms with van der Waals surface area (Å²) < 4.78 is 0. The molecule has 0 atom stereocenters. The minimum absolute atomic E-state index is 0. The molecule has 3 heteroatoms. The van der Waals surface area contributed by atoms with Gasteiger partial charge in [-0.2, -0.15) is 0 Å². The molecule has 0 saturated carbocycles. The van der Waals surface area contributed by atoms with Crippen molar-refractivity contribution in [1.82, 2.24) is 9.97 Å². The maximum atomic E-state index is 4.31. The average molecular weight is 234 g/mol. The minimum atomic E-state index is 0. The van der Waals surface area contributed by atoms with E-state index in [0.717, 1.165) is 16.9 Å². The zero-order chi connectivity index (χ0) is 7.68. The number of H-pyrrole nitrogens is 1. The van der Waals surface area contributed by atoms with E-state index < -0.39 is 0 Å². The third kappa shape index (κ3) is 1.75. The Morgan fingerprint density at radius 2 is 2.08 bits per heavy atom. The van der Waals surface area contributed by atoms with Crippen LogP contribution < -0.4 is 0 Å². The summed E-state index contributed by atoms with van der Waals surface area (Å²) in [6.07, 6.45) is 0.717. The Bertz CT molecular complexity index is 334. The molecule has 1 heterocycles. The normalized spacial score (nSPS) is 9.75.